The molecule has 27 heavy (non-hydrogen) atoms. The van der Waals surface area contributed by atoms with Crippen LogP contribution in [-0.4, -0.2) is 35.4 Å². The molecule has 1 aromatic heterocycles. The summed E-state index contributed by atoms with van der Waals surface area (Å²) in [6.45, 7) is 5.06. The first-order valence-electron chi connectivity index (χ1n) is 9.68. The largest absolute Gasteiger partial charge is 0.423 e. The Morgan fingerprint density at radius 2 is 1.81 bits per heavy atom. The number of carbonyl (C=O) groups is 1. The topological polar surface area (TPSA) is 49.6 Å². The van der Waals surface area contributed by atoms with Gasteiger partial charge in [0.05, 0.1) is 0 Å². The van der Waals surface area contributed by atoms with E-state index in [9.17, 15) is 4.79 Å². The average molecular weight is 363 g/mol. The highest BCUT2D eigenvalue weighted by Gasteiger charge is 2.29. The maximum Gasteiger partial charge on any atom is 0.298 e. The average Bonchev–Trinajstić information content (AvgIpc) is 3.17. The summed E-state index contributed by atoms with van der Waals surface area (Å²) in [5.74, 6) is 0.341. The molecule has 0 radical (unpaired) electrons. The Kier molecular flexibility index (Phi) is 5.10. The van der Waals surface area contributed by atoms with Crippen molar-refractivity contribution in [3.63, 3.8) is 0 Å². The SMILES string of the molecule is CCN(Cc1ccccc1)C(=O)C1CCN(c2nc3ccccc3o2)CC1. The molecule has 1 saturated heterocycles. The fraction of sp³-hybridized carbons (Fsp3) is 0.364. The maximum atomic E-state index is 13.0. The number of benzene rings is 2. The van der Waals surface area contributed by atoms with E-state index in [1.165, 1.54) is 5.56 Å². The van der Waals surface area contributed by atoms with Crippen LogP contribution in [0.1, 0.15) is 25.3 Å². The van der Waals surface area contributed by atoms with E-state index in [2.05, 4.69) is 22.0 Å². The fourth-order valence-corrected chi connectivity index (χ4v) is 3.72. The van der Waals surface area contributed by atoms with Crippen molar-refractivity contribution in [1.29, 1.82) is 0 Å². The predicted octanol–water partition coefficient (Wildman–Crippen LogP) is 4.09. The van der Waals surface area contributed by atoms with Crippen LogP contribution in [-0.2, 0) is 11.3 Å². The van der Waals surface area contributed by atoms with Gasteiger partial charge in [-0.2, -0.15) is 4.98 Å². The van der Waals surface area contributed by atoms with Gasteiger partial charge in [-0.1, -0.05) is 42.5 Å². The van der Waals surface area contributed by atoms with Gasteiger partial charge in [-0.15, -0.1) is 0 Å². The highest BCUT2D eigenvalue weighted by Crippen LogP contribution is 2.27. The first kappa shape index (κ1) is 17.6. The van der Waals surface area contributed by atoms with Crippen LogP contribution in [0.4, 0.5) is 6.01 Å². The third kappa shape index (κ3) is 3.82. The summed E-state index contributed by atoms with van der Waals surface area (Å²) < 4.78 is 5.87. The third-order valence-electron chi connectivity index (χ3n) is 5.31. The summed E-state index contributed by atoms with van der Waals surface area (Å²) in [6.07, 6.45) is 1.67. The van der Waals surface area contributed by atoms with Crippen LogP contribution in [0.2, 0.25) is 0 Å². The van der Waals surface area contributed by atoms with E-state index in [0.29, 0.717) is 12.6 Å². The number of fused-ring (bicyclic) bond motifs is 1. The van der Waals surface area contributed by atoms with Crippen molar-refractivity contribution < 1.29 is 9.21 Å². The zero-order valence-corrected chi connectivity index (χ0v) is 15.7. The lowest BCUT2D eigenvalue weighted by atomic mass is 9.95. The lowest BCUT2D eigenvalue weighted by Gasteiger charge is -2.33. The molecule has 0 atom stereocenters. The van der Waals surface area contributed by atoms with Crippen LogP contribution in [0.15, 0.2) is 59.0 Å². The second-order valence-corrected chi connectivity index (χ2v) is 7.06. The van der Waals surface area contributed by atoms with Gasteiger partial charge in [0.15, 0.2) is 5.58 Å². The molecule has 0 unspecified atom stereocenters. The number of rotatable bonds is 5. The van der Waals surface area contributed by atoms with E-state index in [0.717, 1.165) is 43.6 Å². The smallest absolute Gasteiger partial charge is 0.298 e. The first-order chi connectivity index (χ1) is 13.2. The number of nitrogens with zero attached hydrogens (tertiary/aromatic N) is 3. The van der Waals surface area contributed by atoms with Crippen LogP contribution in [0.25, 0.3) is 11.1 Å². The Hall–Kier alpha value is -2.82. The van der Waals surface area contributed by atoms with Crippen molar-refractivity contribution >= 4 is 23.0 Å². The molecule has 1 aliphatic rings. The first-order valence-corrected chi connectivity index (χ1v) is 9.68. The lowest BCUT2D eigenvalue weighted by Crippen LogP contribution is -2.42. The molecule has 3 aromatic rings. The standard InChI is InChI=1S/C22H25N3O2/c1-2-24(16-17-8-4-3-5-9-17)21(26)18-12-14-25(15-13-18)22-23-19-10-6-7-11-20(19)27-22/h3-11,18H,2,12-16H2,1H3. The monoisotopic (exact) mass is 363 g/mol. The zero-order chi connectivity index (χ0) is 18.6. The fourth-order valence-electron chi connectivity index (χ4n) is 3.72. The summed E-state index contributed by atoms with van der Waals surface area (Å²) in [7, 11) is 0. The molecule has 4 rings (SSSR count). The number of anilines is 1. The van der Waals surface area contributed by atoms with E-state index in [-0.39, 0.29) is 11.8 Å². The molecule has 0 spiro atoms. The van der Waals surface area contributed by atoms with Crippen molar-refractivity contribution in [3.05, 3.63) is 60.2 Å². The van der Waals surface area contributed by atoms with Gasteiger partial charge >= 0.3 is 0 Å². The van der Waals surface area contributed by atoms with Gasteiger partial charge in [0.25, 0.3) is 6.01 Å². The van der Waals surface area contributed by atoms with Crippen molar-refractivity contribution in [3.8, 4) is 0 Å². The van der Waals surface area contributed by atoms with Crippen LogP contribution >= 0.6 is 0 Å². The van der Waals surface area contributed by atoms with Gasteiger partial charge < -0.3 is 14.2 Å². The highest BCUT2D eigenvalue weighted by atomic mass is 16.4. The Labute approximate surface area is 159 Å². The maximum absolute atomic E-state index is 13.0. The minimum Gasteiger partial charge on any atom is -0.423 e. The molecule has 2 heterocycles. The van der Waals surface area contributed by atoms with Crippen LogP contribution in [0.3, 0.4) is 0 Å². The Morgan fingerprint density at radius 1 is 1.11 bits per heavy atom. The van der Waals surface area contributed by atoms with Crippen LogP contribution in [0.5, 0.6) is 0 Å². The molecular formula is C22H25N3O2. The Balaban J connectivity index is 1.38. The zero-order valence-electron chi connectivity index (χ0n) is 15.7. The molecule has 1 aliphatic heterocycles. The number of hydrogen-bond acceptors (Lipinski definition) is 4. The lowest BCUT2D eigenvalue weighted by molar-refractivity contribution is -0.136. The van der Waals surface area contributed by atoms with Gasteiger partial charge in [-0.25, -0.2) is 0 Å². The highest BCUT2D eigenvalue weighted by molar-refractivity contribution is 5.79. The van der Waals surface area contributed by atoms with E-state index >= 15 is 0 Å². The van der Waals surface area contributed by atoms with Gasteiger partial charge in [-0.05, 0) is 37.5 Å². The second-order valence-electron chi connectivity index (χ2n) is 7.06. The molecule has 1 amide bonds. The molecule has 5 heteroatoms. The molecule has 5 nitrogen and oxygen atoms in total. The minimum absolute atomic E-state index is 0.0780. The van der Waals surface area contributed by atoms with Gasteiger partial charge in [0, 0.05) is 32.1 Å². The predicted molar refractivity (Wildman–Crippen MR) is 106 cm³/mol. The van der Waals surface area contributed by atoms with Gasteiger partial charge in [0.2, 0.25) is 5.91 Å². The second kappa shape index (κ2) is 7.82. The van der Waals surface area contributed by atoms with E-state index in [1.807, 2.05) is 54.3 Å². The molecule has 0 N–H and O–H groups in total. The Bertz CT molecular complexity index is 865. The van der Waals surface area contributed by atoms with Crippen molar-refractivity contribution in [2.45, 2.75) is 26.3 Å². The summed E-state index contributed by atoms with van der Waals surface area (Å²) >= 11 is 0. The molecule has 0 bridgehead atoms. The van der Waals surface area contributed by atoms with E-state index in [4.69, 9.17) is 4.42 Å². The van der Waals surface area contributed by atoms with Crippen molar-refractivity contribution in [1.82, 2.24) is 9.88 Å². The number of oxazole rings is 1. The van der Waals surface area contributed by atoms with Crippen LogP contribution in [0, 0.1) is 5.92 Å². The molecule has 1 fully saturated rings. The van der Waals surface area contributed by atoms with E-state index < -0.39 is 0 Å². The molecule has 2 aromatic carbocycles. The van der Waals surface area contributed by atoms with Gasteiger partial charge in [0.1, 0.15) is 5.52 Å². The summed E-state index contributed by atoms with van der Waals surface area (Å²) in [4.78, 5) is 21.7. The number of hydrogen-bond donors (Lipinski definition) is 0. The quantitative estimate of drug-likeness (QED) is 0.685. The number of amides is 1. The molecular weight excluding hydrogens is 338 g/mol. The molecule has 140 valence electrons. The Morgan fingerprint density at radius 3 is 2.52 bits per heavy atom. The summed E-state index contributed by atoms with van der Waals surface area (Å²) in [5.41, 5.74) is 2.87. The van der Waals surface area contributed by atoms with Gasteiger partial charge in [-0.3, -0.25) is 4.79 Å². The van der Waals surface area contributed by atoms with Crippen molar-refractivity contribution in [2.24, 2.45) is 5.92 Å². The van der Waals surface area contributed by atoms with Crippen LogP contribution < -0.4 is 4.90 Å². The third-order valence-corrected chi connectivity index (χ3v) is 5.31. The number of piperidine rings is 1. The molecule has 0 aliphatic carbocycles. The number of aromatic nitrogens is 1. The number of para-hydroxylation sites is 2. The summed E-state index contributed by atoms with van der Waals surface area (Å²) in [6, 6.07) is 18.7. The summed E-state index contributed by atoms with van der Waals surface area (Å²) in [5, 5.41) is 0. The molecule has 0 saturated carbocycles. The van der Waals surface area contributed by atoms with Crippen molar-refractivity contribution in [2.75, 3.05) is 24.5 Å². The van der Waals surface area contributed by atoms with E-state index in [1.54, 1.807) is 0 Å². The minimum atomic E-state index is 0.0780. The number of carbonyl (C=O) groups excluding carboxylic acids is 1. The normalized spacial score (nSPS) is 15.2.